The monoisotopic (exact) mass is 738 g/mol. The van der Waals surface area contributed by atoms with E-state index in [-0.39, 0.29) is 32.3 Å². The highest BCUT2D eigenvalue weighted by Crippen LogP contribution is 2.34. The predicted molar refractivity (Wildman–Crippen MR) is 188 cm³/mol. The third-order valence-electron chi connectivity index (χ3n) is 7.77. The first kappa shape index (κ1) is 38.1. The number of allylic oxidation sites excluding steroid dienone is 5. The van der Waals surface area contributed by atoms with Crippen molar-refractivity contribution >= 4 is 47.3 Å². The van der Waals surface area contributed by atoms with Crippen LogP contribution in [-0.2, 0) is 43.4 Å². The molecule has 4 aromatic carbocycles. The van der Waals surface area contributed by atoms with E-state index < -0.39 is 30.4 Å². The fourth-order valence-electron chi connectivity index (χ4n) is 5.40. The summed E-state index contributed by atoms with van der Waals surface area (Å²) in [5.74, 6) is 0. The molecule has 0 aliphatic heterocycles. The number of nitrogens with one attached hydrogen (secondary N) is 1. The van der Waals surface area contributed by atoms with Crippen LogP contribution in [0.15, 0.2) is 142 Å². The normalized spacial score (nSPS) is 13.1. The summed E-state index contributed by atoms with van der Waals surface area (Å²) in [5, 5.41) is 3.20. The Balaban J connectivity index is 0.00000562. The van der Waals surface area contributed by atoms with Crippen molar-refractivity contribution in [3.63, 3.8) is 0 Å². The van der Waals surface area contributed by atoms with Crippen molar-refractivity contribution < 1.29 is 49.0 Å². The molecule has 0 fully saturated rings. The minimum atomic E-state index is -4.59. The van der Waals surface area contributed by atoms with Crippen LogP contribution in [0, 0.1) is 0 Å². The molecular formula is C35H34N2O10S3. The van der Waals surface area contributed by atoms with Gasteiger partial charge in [-0.2, -0.15) is 25.3 Å². The Morgan fingerprint density at radius 1 is 0.660 bits per heavy atom. The Hall–Kier alpha value is -4.74. The summed E-state index contributed by atoms with van der Waals surface area (Å²) in [5.41, 5.74) is 4.94. The van der Waals surface area contributed by atoms with E-state index in [0.29, 0.717) is 46.6 Å². The lowest BCUT2D eigenvalue weighted by Gasteiger charge is -2.17. The molecule has 0 radical (unpaired) electrons. The molecule has 0 spiro atoms. The molecule has 15 heteroatoms. The van der Waals surface area contributed by atoms with Crippen LogP contribution in [0.5, 0.6) is 0 Å². The molecule has 0 bridgehead atoms. The molecule has 50 heavy (non-hydrogen) atoms. The first-order valence-corrected chi connectivity index (χ1v) is 19.2. The van der Waals surface area contributed by atoms with E-state index >= 15 is 0 Å². The van der Waals surface area contributed by atoms with Gasteiger partial charge in [0.05, 0.1) is 9.79 Å². The number of benzene rings is 4. The lowest BCUT2D eigenvalue weighted by molar-refractivity contribution is -0.539. The number of hydrogen-bond donors (Lipinski definition) is 4. The van der Waals surface area contributed by atoms with Gasteiger partial charge >= 0.3 is 0 Å². The van der Waals surface area contributed by atoms with Gasteiger partial charge in [-0.15, -0.1) is 0 Å². The quantitative estimate of drug-likeness (QED) is 0.112. The Labute approximate surface area is 291 Å². The number of anilines is 1. The Morgan fingerprint density at radius 3 is 1.78 bits per heavy atom. The minimum Gasteiger partial charge on any atom is -0.870 e. The number of hydrogen-bond acceptors (Lipinski definition) is 8. The van der Waals surface area contributed by atoms with Gasteiger partial charge in [0.25, 0.3) is 30.4 Å². The molecule has 1 aliphatic carbocycles. The number of nitrogens with zero attached hydrogens (tertiary/aromatic N) is 1. The summed E-state index contributed by atoms with van der Waals surface area (Å²) in [7, 11) is -13.3. The highest BCUT2D eigenvalue weighted by Gasteiger charge is 2.22. The van der Waals surface area contributed by atoms with E-state index in [1.807, 2.05) is 35.8 Å². The molecule has 0 saturated heterocycles. The van der Waals surface area contributed by atoms with Crippen LogP contribution in [0.2, 0.25) is 0 Å². The summed E-state index contributed by atoms with van der Waals surface area (Å²) in [6, 6.07) is 25.3. The molecule has 0 heterocycles. The van der Waals surface area contributed by atoms with E-state index in [4.69, 9.17) is 0 Å². The summed E-state index contributed by atoms with van der Waals surface area (Å²) in [6.45, 7) is 3.14. The standard InChI is InChI=1S/C35H32N2O9S3.H2O/c1-2-37(24-26-8-6-10-32(22-26)48(41,42)43)30-19-15-28(16-20-30)35(33-11-3-4-12-34(33)49(44,45)46)27-13-17-29(18-14-27)36-23-25-7-5-9-31(21-25)47(38,39)40;/h3-22H,2,23-24H2,1H3,(H3,38,39,40,41,42,43,44,45,46);1H2. The van der Waals surface area contributed by atoms with Crippen molar-refractivity contribution in [1.29, 1.82) is 0 Å². The molecule has 5 rings (SSSR count). The molecular weight excluding hydrogens is 705 g/mol. The van der Waals surface area contributed by atoms with Crippen molar-refractivity contribution in [2.45, 2.75) is 34.7 Å². The molecule has 262 valence electrons. The van der Waals surface area contributed by atoms with Gasteiger partial charge in [0.15, 0.2) is 12.3 Å². The van der Waals surface area contributed by atoms with Crippen LogP contribution in [0.25, 0.3) is 5.57 Å². The van der Waals surface area contributed by atoms with E-state index in [1.54, 1.807) is 54.6 Å². The van der Waals surface area contributed by atoms with Crippen molar-refractivity contribution in [2.75, 3.05) is 11.9 Å². The zero-order valence-corrected chi connectivity index (χ0v) is 29.0. The topological polar surface area (TPSA) is 208 Å². The maximum absolute atomic E-state index is 12.4. The first-order valence-electron chi connectivity index (χ1n) is 14.9. The molecule has 1 aliphatic rings. The second-order valence-electron chi connectivity index (χ2n) is 11.1. The van der Waals surface area contributed by atoms with Crippen LogP contribution in [0.3, 0.4) is 0 Å². The fourth-order valence-corrected chi connectivity index (χ4v) is 7.20. The number of rotatable bonds is 11. The summed E-state index contributed by atoms with van der Waals surface area (Å²) in [6.07, 6.45) is 7.38. The molecule has 0 unspecified atom stereocenters. The average molecular weight is 739 g/mol. The second kappa shape index (κ2) is 15.4. The molecule has 12 nitrogen and oxygen atoms in total. The van der Waals surface area contributed by atoms with E-state index in [2.05, 4.69) is 5.32 Å². The SMILES string of the molecule is CC[N+](Cc1cccc(S(=O)(=O)O)c1)=C1C=CC(=C(c2ccc(NCc3cccc(S(=O)(=O)O)c3)cc2)c2ccccc2S(=O)(=O)O)C=C1.[OH-]. The molecule has 5 N–H and O–H groups in total. The second-order valence-corrected chi connectivity index (χ2v) is 15.3. The maximum atomic E-state index is 12.4. The van der Waals surface area contributed by atoms with Crippen molar-refractivity contribution in [3.05, 3.63) is 149 Å². The van der Waals surface area contributed by atoms with Gasteiger partial charge in [-0.05, 0) is 83.8 Å². The Kier molecular flexibility index (Phi) is 11.8. The van der Waals surface area contributed by atoms with Gasteiger partial charge in [0.1, 0.15) is 11.4 Å². The Morgan fingerprint density at radius 2 is 1.22 bits per heavy atom. The molecule has 0 atom stereocenters. The van der Waals surface area contributed by atoms with Gasteiger partial charge < -0.3 is 10.8 Å². The van der Waals surface area contributed by atoms with Gasteiger partial charge in [0.2, 0.25) is 0 Å². The van der Waals surface area contributed by atoms with Crippen LogP contribution < -0.4 is 5.32 Å². The molecule has 4 aromatic rings. The first-order chi connectivity index (χ1) is 23.1. The van der Waals surface area contributed by atoms with Crippen LogP contribution in [-0.4, -0.2) is 61.2 Å². The zero-order chi connectivity index (χ0) is 35.4. The lowest BCUT2D eigenvalue weighted by atomic mass is 9.90. The largest absolute Gasteiger partial charge is 0.870 e. The van der Waals surface area contributed by atoms with Crippen LogP contribution in [0.4, 0.5) is 5.69 Å². The van der Waals surface area contributed by atoms with Crippen molar-refractivity contribution in [2.24, 2.45) is 0 Å². The summed E-state index contributed by atoms with van der Waals surface area (Å²) < 4.78 is 102. The average Bonchev–Trinajstić information content (AvgIpc) is 3.07. The summed E-state index contributed by atoms with van der Waals surface area (Å²) >= 11 is 0. The van der Waals surface area contributed by atoms with E-state index in [9.17, 15) is 38.9 Å². The van der Waals surface area contributed by atoms with Gasteiger partial charge in [-0.3, -0.25) is 13.7 Å². The zero-order valence-electron chi connectivity index (χ0n) is 26.6. The Bertz CT molecular complexity index is 2340. The molecule has 0 aromatic heterocycles. The highest BCUT2D eigenvalue weighted by atomic mass is 32.2. The predicted octanol–water partition coefficient (Wildman–Crippen LogP) is 5.46. The van der Waals surface area contributed by atoms with Crippen molar-refractivity contribution in [1.82, 2.24) is 0 Å². The third-order valence-corrected chi connectivity index (χ3v) is 10.4. The smallest absolute Gasteiger partial charge is 0.295 e. The molecule has 0 amide bonds. The van der Waals surface area contributed by atoms with Gasteiger partial charge in [-0.1, -0.05) is 54.6 Å². The van der Waals surface area contributed by atoms with E-state index in [0.717, 1.165) is 5.71 Å². The van der Waals surface area contributed by atoms with E-state index in [1.165, 1.54) is 42.5 Å². The van der Waals surface area contributed by atoms with Gasteiger partial charge in [0, 0.05) is 35.5 Å². The summed E-state index contributed by atoms with van der Waals surface area (Å²) in [4.78, 5) is -0.664. The van der Waals surface area contributed by atoms with Crippen LogP contribution in [0.1, 0.15) is 29.2 Å². The van der Waals surface area contributed by atoms with Crippen LogP contribution >= 0.6 is 0 Å². The molecule has 0 saturated carbocycles. The lowest BCUT2D eigenvalue weighted by Crippen LogP contribution is -2.19. The maximum Gasteiger partial charge on any atom is 0.295 e. The highest BCUT2D eigenvalue weighted by molar-refractivity contribution is 7.86. The van der Waals surface area contributed by atoms with Gasteiger partial charge in [-0.25, -0.2) is 4.58 Å². The minimum absolute atomic E-state index is 0. The fraction of sp³-hybridized carbons (Fsp3) is 0.114. The van der Waals surface area contributed by atoms with Crippen molar-refractivity contribution in [3.8, 4) is 0 Å². The third kappa shape index (κ3) is 9.28.